The Hall–Kier alpha value is -2.53. The minimum absolute atomic E-state index is 0.0542. The summed E-state index contributed by atoms with van der Waals surface area (Å²) in [4.78, 5) is 15.8. The third kappa shape index (κ3) is 7.10. The number of aliphatic hydroxyl groups is 2. The van der Waals surface area contributed by atoms with Crippen molar-refractivity contribution < 1.29 is 37.3 Å². The molecule has 1 saturated carbocycles. The predicted molar refractivity (Wildman–Crippen MR) is 145 cm³/mol. The van der Waals surface area contributed by atoms with Crippen molar-refractivity contribution in [1.29, 1.82) is 0 Å². The van der Waals surface area contributed by atoms with Gasteiger partial charge in [0.2, 0.25) is 0 Å². The van der Waals surface area contributed by atoms with Crippen LogP contribution in [0.25, 0.3) is 0 Å². The Kier molecular flexibility index (Phi) is 9.04. The Morgan fingerprint density at radius 2 is 1.88 bits per heavy atom. The average Bonchev–Trinajstić information content (AvgIpc) is 3.77. The summed E-state index contributed by atoms with van der Waals surface area (Å²) in [7, 11) is 0. The first-order chi connectivity index (χ1) is 19.5. The van der Waals surface area contributed by atoms with E-state index in [1.165, 1.54) is 0 Å². The fraction of sp³-hybridized carbons (Fsp3) is 0.581. The molecular formula is C31H38F4N2O4. The number of alkyl halides is 3. The number of ether oxygens (including phenoxy) is 1. The number of hydrogen-bond acceptors (Lipinski definition) is 5. The highest BCUT2D eigenvalue weighted by atomic mass is 19.4. The van der Waals surface area contributed by atoms with Crippen molar-refractivity contribution in [3.8, 4) is 0 Å². The number of benzene rings is 1. The van der Waals surface area contributed by atoms with Crippen LogP contribution < -0.4 is 5.32 Å². The maximum absolute atomic E-state index is 13.8. The molecule has 2 heterocycles. The number of rotatable bonds is 7. The normalized spacial score (nSPS) is 27.5. The van der Waals surface area contributed by atoms with Crippen LogP contribution >= 0.6 is 0 Å². The lowest BCUT2D eigenvalue weighted by Gasteiger charge is -2.45. The number of carbonyl (C=O) groups excluding carboxylic acids is 1. The Morgan fingerprint density at radius 1 is 1.12 bits per heavy atom. The van der Waals surface area contributed by atoms with E-state index in [1.807, 2.05) is 18.2 Å². The monoisotopic (exact) mass is 578 g/mol. The number of nitrogens with one attached hydrogen (secondary N) is 1. The minimum atomic E-state index is -4.67. The van der Waals surface area contributed by atoms with E-state index in [4.69, 9.17) is 4.74 Å². The van der Waals surface area contributed by atoms with Gasteiger partial charge in [0.05, 0.1) is 12.2 Å². The van der Waals surface area contributed by atoms with Gasteiger partial charge in [0.25, 0.3) is 5.91 Å². The zero-order valence-corrected chi connectivity index (χ0v) is 23.0. The number of allylic oxidation sites excluding steroid dienone is 5. The van der Waals surface area contributed by atoms with Gasteiger partial charge < -0.3 is 20.3 Å². The molecule has 1 unspecified atom stereocenters. The van der Waals surface area contributed by atoms with Crippen molar-refractivity contribution in [2.75, 3.05) is 19.7 Å². The Balaban J connectivity index is 1.16. The summed E-state index contributed by atoms with van der Waals surface area (Å²) in [5, 5.41) is 22.2. The molecule has 2 aliphatic heterocycles. The number of nitrogens with zero attached hydrogens (tertiary/aromatic N) is 1. The number of likely N-dealkylation sites (tertiary alicyclic amines) is 1. The van der Waals surface area contributed by atoms with Crippen molar-refractivity contribution in [3.63, 3.8) is 0 Å². The molecule has 224 valence electrons. The Bertz CT molecular complexity index is 1190. The van der Waals surface area contributed by atoms with Crippen LogP contribution in [0.2, 0.25) is 0 Å². The van der Waals surface area contributed by atoms with E-state index in [9.17, 15) is 32.6 Å². The molecule has 4 aliphatic rings. The molecule has 3 N–H and O–H groups in total. The summed E-state index contributed by atoms with van der Waals surface area (Å²) in [5.74, 6) is -0.932. The smallest absolute Gasteiger partial charge is 0.365 e. The topological polar surface area (TPSA) is 82.0 Å². The molecule has 41 heavy (non-hydrogen) atoms. The van der Waals surface area contributed by atoms with E-state index < -0.39 is 29.4 Å². The highest BCUT2D eigenvalue weighted by Crippen LogP contribution is 2.47. The summed E-state index contributed by atoms with van der Waals surface area (Å²) in [6, 6.07) is 2.49. The average molecular weight is 579 g/mol. The molecule has 1 aromatic rings. The summed E-state index contributed by atoms with van der Waals surface area (Å²) in [5.41, 5.74) is -0.273. The zero-order valence-electron chi connectivity index (χ0n) is 23.0. The lowest BCUT2D eigenvalue weighted by atomic mass is 9.83. The maximum atomic E-state index is 13.8. The molecule has 0 spiro atoms. The largest absolute Gasteiger partial charge is 0.416 e. The number of halogens is 4. The fourth-order valence-corrected chi connectivity index (χ4v) is 6.47. The Morgan fingerprint density at radius 3 is 2.51 bits per heavy atom. The van der Waals surface area contributed by atoms with Gasteiger partial charge in [-0.1, -0.05) is 24.3 Å². The first kappa shape index (κ1) is 29.9. The standard InChI is InChI=1S/C31H38F4N2O4/c32-26-15-20(14-25(17-26)31(33,34)35)18-36-29(40)30(24-6-7-24)11-8-27(19-41-30)37-12-9-21(10-13-37)22-4-2-1-3-5-23(16-22)28(38)39/h1-2,4,14-17,21,24,27-28,38-39H,3,5-13,18-19H2,(H,36,40)/b2-1-,22-4?,23-16?/t27?,30-/m0/s1. The van der Waals surface area contributed by atoms with E-state index in [0.717, 1.165) is 69.3 Å². The summed E-state index contributed by atoms with van der Waals surface area (Å²) < 4.78 is 59.4. The predicted octanol–water partition coefficient (Wildman–Crippen LogP) is 5.01. The SMILES string of the molecule is O=C(NCc1cc(F)cc(C(F)(F)F)c1)[C@@]1(C2CC2)CCC(N2CCC(C3=C/C=C\CCC(C(O)O)=C3)CC2)CO1. The van der Waals surface area contributed by atoms with Crippen molar-refractivity contribution in [1.82, 2.24) is 10.2 Å². The van der Waals surface area contributed by atoms with Crippen molar-refractivity contribution >= 4 is 5.91 Å². The van der Waals surface area contributed by atoms with E-state index in [2.05, 4.69) is 16.3 Å². The fourth-order valence-electron chi connectivity index (χ4n) is 6.47. The second-order valence-corrected chi connectivity index (χ2v) is 11.7. The summed E-state index contributed by atoms with van der Waals surface area (Å²) >= 11 is 0. The lowest BCUT2D eigenvalue weighted by molar-refractivity contribution is -0.165. The van der Waals surface area contributed by atoms with Gasteiger partial charge >= 0.3 is 6.18 Å². The molecule has 0 bridgehead atoms. The Labute approximate surface area is 237 Å². The van der Waals surface area contributed by atoms with Crippen LogP contribution in [0.1, 0.15) is 62.5 Å². The van der Waals surface area contributed by atoms with Crippen molar-refractivity contribution in [2.24, 2.45) is 11.8 Å². The van der Waals surface area contributed by atoms with Crippen molar-refractivity contribution in [2.45, 2.75) is 82.0 Å². The molecule has 5 rings (SSSR count). The van der Waals surface area contributed by atoms with Crippen LogP contribution in [-0.4, -0.2) is 58.6 Å². The van der Waals surface area contributed by atoms with Gasteiger partial charge in [0.15, 0.2) is 6.29 Å². The molecule has 2 atom stereocenters. The molecular weight excluding hydrogens is 540 g/mol. The minimum Gasteiger partial charge on any atom is -0.365 e. The third-order valence-electron chi connectivity index (χ3n) is 8.97. The molecule has 1 aromatic carbocycles. The van der Waals surface area contributed by atoms with Crippen LogP contribution in [-0.2, 0) is 22.3 Å². The number of hydrogen-bond donors (Lipinski definition) is 3. The van der Waals surface area contributed by atoms with Crippen LogP contribution in [0.15, 0.2) is 53.6 Å². The second kappa shape index (κ2) is 12.4. The van der Waals surface area contributed by atoms with Crippen molar-refractivity contribution in [3.05, 3.63) is 70.6 Å². The van der Waals surface area contributed by atoms with Crippen LogP contribution in [0, 0.1) is 17.7 Å². The van der Waals surface area contributed by atoms with Crippen LogP contribution in [0.4, 0.5) is 17.6 Å². The van der Waals surface area contributed by atoms with Gasteiger partial charge in [0.1, 0.15) is 11.4 Å². The van der Waals surface area contributed by atoms with E-state index in [-0.39, 0.29) is 30.0 Å². The number of amides is 1. The van der Waals surface area contributed by atoms with Gasteiger partial charge in [-0.3, -0.25) is 9.69 Å². The van der Waals surface area contributed by atoms with Gasteiger partial charge in [-0.2, -0.15) is 13.2 Å². The molecule has 2 aliphatic carbocycles. The highest BCUT2D eigenvalue weighted by Gasteiger charge is 2.54. The van der Waals surface area contributed by atoms with E-state index >= 15 is 0 Å². The molecule has 3 fully saturated rings. The van der Waals surface area contributed by atoms with Gasteiger partial charge in [-0.15, -0.1) is 0 Å². The highest BCUT2D eigenvalue weighted by molar-refractivity contribution is 5.86. The summed E-state index contributed by atoms with van der Waals surface area (Å²) in [6.45, 7) is 1.94. The molecule has 6 nitrogen and oxygen atoms in total. The number of aliphatic hydroxyl groups excluding tert-OH is 1. The quantitative estimate of drug-likeness (QED) is 0.313. The number of carbonyl (C=O) groups is 1. The first-order valence-corrected chi connectivity index (χ1v) is 14.5. The third-order valence-corrected chi connectivity index (χ3v) is 8.97. The second-order valence-electron chi connectivity index (χ2n) is 11.7. The van der Waals surface area contributed by atoms with Crippen LogP contribution in [0.3, 0.4) is 0 Å². The maximum Gasteiger partial charge on any atom is 0.416 e. The van der Waals surface area contributed by atoms with E-state index in [1.54, 1.807) is 0 Å². The number of piperidine rings is 1. The van der Waals surface area contributed by atoms with Gasteiger partial charge in [-0.25, -0.2) is 4.39 Å². The van der Waals surface area contributed by atoms with Crippen LogP contribution in [0.5, 0.6) is 0 Å². The summed E-state index contributed by atoms with van der Waals surface area (Å²) in [6.07, 6.45) is 8.28. The molecule has 0 aromatic heterocycles. The zero-order chi connectivity index (χ0) is 29.2. The lowest BCUT2D eigenvalue weighted by Crippen LogP contribution is -2.57. The van der Waals surface area contributed by atoms with Gasteiger partial charge in [-0.05, 0) is 111 Å². The first-order valence-electron chi connectivity index (χ1n) is 14.5. The molecule has 0 radical (unpaired) electrons. The molecule has 1 amide bonds. The molecule has 2 saturated heterocycles. The van der Waals surface area contributed by atoms with Gasteiger partial charge in [0, 0.05) is 12.6 Å². The van der Waals surface area contributed by atoms with E-state index in [0.29, 0.717) is 37.0 Å². The molecule has 10 heteroatoms.